The summed E-state index contributed by atoms with van der Waals surface area (Å²) < 4.78 is 14.1. The second kappa shape index (κ2) is 14.8. The number of hydrogen-bond acceptors (Lipinski definition) is 4. The van der Waals surface area contributed by atoms with Crippen molar-refractivity contribution < 1.29 is 14.0 Å². The lowest BCUT2D eigenvalue weighted by Gasteiger charge is -2.21. The maximum Gasteiger partial charge on any atom is 0.212 e. The molecule has 0 radical (unpaired) electrons. The van der Waals surface area contributed by atoms with Crippen LogP contribution in [0, 0.1) is 0 Å². The highest BCUT2D eigenvalue weighted by molar-refractivity contribution is 8.03. The van der Waals surface area contributed by atoms with Crippen LogP contribution in [-0.4, -0.2) is 19.8 Å². The van der Waals surface area contributed by atoms with Crippen molar-refractivity contribution in [1.82, 2.24) is 0 Å². The van der Waals surface area contributed by atoms with Crippen LogP contribution in [0.5, 0.6) is 11.5 Å². The molecule has 0 atom stereocenters. The summed E-state index contributed by atoms with van der Waals surface area (Å²) in [5.74, 6) is 1.86. The molecule has 0 N–H and O–H groups in total. The lowest BCUT2D eigenvalue weighted by Crippen LogP contribution is -2.39. The quantitative estimate of drug-likeness (QED) is 0.123. The monoisotopic (exact) mass is 649 g/mol. The number of pyridine rings is 1. The predicted octanol–water partition coefficient (Wildman–Crippen LogP) is 9.99. The van der Waals surface area contributed by atoms with Gasteiger partial charge in [-0.15, -0.1) is 0 Å². The number of nitrogens with zero attached hydrogens (tertiary/aromatic N) is 2. The molecule has 240 valence electrons. The molecule has 1 aliphatic heterocycles. The summed E-state index contributed by atoms with van der Waals surface area (Å²) in [4.78, 5) is 3.79. The Kier molecular flexibility index (Phi) is 9.76. The number of para-hydroxylation sites is 1. The van der Waals surface area contributed by atoms with E-state index in [2.05, 4.69) is 137 Å². The van der Waals surface area contributed by atoms with E-state index in [1.54, 1.807) is 0 Å². The summed E-state index contributed by atoms with van der Waals surface area (Å²) in [6.45, 7) is 7.11. The van der Waals surface area contributed by atoms with Gasteiger partial charge in [0.15, 0.2) is 6.54 Å². The molecule has 0 amide bonds. The Morgan fingerprint density at radius 2 is 1.35 bits per heavy atom. The number of anilines is 1. The van der Waals surface area contributed by atoms with Crippen LogP contribution in [0.15, 0.2) is 143 Å². The van der Waals surface area contributed by atoms with E-state index in [0.717, 1.165) is 37.4 Å². The van der Waals surface area contributed by atoms with E-state index in [-0.39, 0.29) is 0 Å². The number of benzene rings is 5. The minimum Gasteiger partial charge on any atom is -0.494 e. The molecule has 7 rings (SSSR count). The molecule has 4 nitrogen and oxygen atoms in total. The third-order valence-electron chi connectivity index (χ3n) is 8.75. The molecule has 48 heavy (non-hydrogen) atoms. The Labute approximate surface area is 288 Å². The summed E-state index contributed by atoms with van der Waals surface area (Å²) in [5, 5.41) is 2.47. The van der Waals surface area contributed by atoms with Gasteiger partial charge in [0.1, 0.15) is 11.5 Å². The van der Waals surface area contributed by atoms with E-state index in [1.807, 2.05) is 37.7 Å². The fourth-order valence-electron chi connectivity index (χ4n) is 6.43. The van der Waals surface area contributed by atoms with E-state index < -0.39 is 0 Å². The summed E-state index contributed by atoms with van der Waals surface area (Å²) in [6.07, 6.45) is 4.19. The van der Waals surface area contributed by atoms with Crippen LogP contribution in [0.2, 0.25) is 0 Å². The summed E-state index contributed by atoms with van der Waals surface area (Å²) in [5.41, 5.74) is 8.69. The zero-order chi connectivity index (χ0) is 32.7. The van der Waals surface area contributed by atoms with Gasteiger partial charge in [0.25, 0.3) is 0 Å². The first-order valence-electron chi connectivity index (χ1n) is 16.9. The Morgan fingerprint density at radius 1 is 0.646 bits per heavy atom. The molecule has 2 heterocycles. The molecule has 1 aromatic heterocycles. The van der Waals surface area contributed by atoms with Gasteiger partial charge in [-0.1, -0.05) is 84.6 Å². The summed E-state index contributed by atoms with van der Waals surface area (Å²) in [6, 6.07) is 47.8. The molecule has 5 aromatic carbocycles. The largest absolute Gasteiger partial charge is 0.494 e. The number of thioether (sulfide) groups is 1. The minimum absolute atomic E-state index is 0.665. The van der Waals surface area contributed by atoms with Gasteiger partial charge in [0, 0.05) is 41.5 Å². The maximum absolute atomic E-state index is 5.82. The molecular formula is C43H41N2O2S+. The van der Waals surface area contributed by atoms with E-state index in [4.69, 9.17) is 9.47 Å². The Morgan fingerprint density at radius 3 is 2.10 bits per heavy atom. The van der Waals surface area contributed by atoms with E-state index in [0.29, 0.717) is 13.2 Å². The van der Waals surface area contributed by atoms with Crippen LogP contribution in [0.4, 0.5) is 5.69 Å². The van der Waals surface area contributed by atoms with Gasteiger partial charge in [0.05, 0.1) is 23.9 Å². The van der Waals surface area contributed by atoms with Crippen molar-refractivity contribution in [1.29, 1.82) is 0 Å². The average molecular weight is 650 g/mol. The minimum atomic E-state index is 0.665. The highest BCUT2D eigenvalue weighted by Gasteiger charge is 2.27. The van der Waals surface area contributed by atoms with Crippen molar-refractivity contribution in [3.8, 4) is 22.6 Å². The Bertz CT molecular complexity index is 2060. The standard InChI is InChI=1S/C43H41N2O2S/c1-3-46-38-17-10-12-32(28-38)24-26-44-37(22-20-35-16-8-9-19-40(35)44)31-43-45(27-25-33-13-11-18-39(29-33)47-4-2)41-30-36(21-23-42(41)48-43)34-14-6-5-7-15-34/h5-23,28-31H,3-4,24-27H2,1-2H3/q+1. The van der Waals surface area contributed by atoms with Gasteiger partial charge in [-0.2, -0.15) is 4.57 Å². The van der Waals surface area contributed by atoms with Crippen molar-refractivity contribution in [3.63, 3.8) is 0 Å². The fourth-order valence-corrected chi connectivity index (χ4v) is 7.54. The third-order valence-corrected chi connectivity index (χ3v) is 9.86. The molecule has 0 unspecified atom stereocenters. The molecule has 0 aliphatic carbocycles. The lowest BCUT2D eigenvalue weighted by atomic mass is 10.0. The van der Waals surface area contributed by atoms with Crippen molar-refractivity contribution in [3.05, 3.63) is 155 Å². The molecule has 0 bridgehead atoms. The first-order valence-corrected chi connectivity index (χ1v) is 17.7. The Hall–Kier alpha value is -5.00. The summed E-state index contributed by atoms with van der Waals surface area (Å²) >= 11 is 1.86. The van der Waals surface area contributed by atoms with Gasteiger partial charge in [-0.25, -0.2) is 0 Å². The van der Waals surface area contributed by atoms with E-state index in [1.165, 1.54) is 54.5 Å². The van der Waals surface area contributed by atoms with Crippen molar-refractivity contribution in [2.75, 3.05) is 24.7 Å². The van der Waals surface area contributed by atoms with Gasteiger partial charge in [-0.3, -0.25) is 0 Å². The highest BCUT2D eigenvalue weighted by Crippen LogP contribution is 2.48. The van der Waals surface area contributed by atoms with Crippen LogP contribution in [-0.2, 0) is 19.4 Å². The van der Waals surface area contributed by atoms with E-state index >= 15 is 0 Å². The normalized spacial score (nSPS) is 13.2. The SMILES string of the molecule is CCOc1cccc(CCN2C(=Cc3ccc4ccccc4[n+]3CCc3cccc(OCC)c3)Sc3ccc(-c4ccccc4)cc32)c1. The van der Waals surface area contributed by atoms with Gasteiger partial charge < -0.3 is 14.4 Å². The fraction of sp³-hybridized carbons (Fsp3) is 0.186. The van der Waals surface area contributed by atoms with Crippen molar-refractivity contribution in [2.45, 2.75) is 38.1 Å². The second-order valence-electron chi connectivity index (χ2n) is 11.9. The van der Waals surface area contributed by atoms with Gasteiger partial charge in [0.2, 0.25) is 11.2 Å². The zero-order valence-electron chi connectivity index (χ0n) is 27.6. The molecule has 6 aromatic rings. The van der Waals surface area contributed by atoms with Crippen LogP contribution in [0.1, 0.15) is 30.7 Å². The van der Waals surface area contributed by atoms with Crippen LogP contribution in [0.25, 0.3) is 28.1 Å². The maximum atomic E-state index is 5.82. The zero-order valence-corrected chi connectivity index (χ0v) is 28.5. The Balaban J connectivity index is 1.26. The molecule has 1 aliphatic rings. The number of aromatic nitrogens is 1. The van der Waals surface area contributed by atoms with Gasteiger partial charge >= 0.3 is 0 Å². The number of aryl methyl sites for hydroxylation is 2. The van der Waals surface area contributed by atoms with Crippen molar-refractivity contribution >= 4 is 34.4 Å². The molecule has 0 saturated carbocycles. The second-order valence-corrected chi connectivity index (χ2v) is 13.0. The van der Waals surface area contributed by atoms with E-state index in [9.17, 15) is 0 Å². The number of ether oxygens (including phenoxy) is 2. The van der Waals surface area contributed by atoms with Crippen LogP contribution < -0.4 is 18.9 Å². The molecular weight excluding hydrogens is 609 g/mol. The summed E-state index contributed by atoms with van der Waals surface area (Å²) in [7, 11) is 0. The first kappa shape index (κ1) is 31.6. The van der Waals surface area contributed by atoms with Crippen LogP contribution >= 0.6 is 11.8 Å². The first-order chi connectivity index (χ1) is 23.7. The number of rotatable bonds is 12. The molecule has 0 saturated heterocycles. The van der Waals surface area contributed by atoms with Crippen LogP contribution in [0.3, 0.4) is 0 Å². The predicted molar refractivity (Wildman–Crippen MR) is 200 cm³/mol. The molecule has 0 fully saturated rings. The van der Waals surface area contributed by atoms with Crippen molar-refractivity contribution in [2.24, 2.45) is 0 Å². The lowest BCUT2D eigenvalue weighted by molar-refractivity contribution is -0.672. The smallest absolute Gasteiger partial charge is 0.212 e. The molecule has 5 heteroatoms. The highest BCUT2D eigenvalue weighted by atomic mass is 32.2. The topological polar surface area (TPSA) is 25.6 Å². The van der Waals surface area contributed by atoms with Gasteiger partial charge in [-0.05, 0) is 91.1 Å². The third kappa shape index (κ3) is 7.12. The molecule has 0 spiro atoms. The number of hydrogen-bond donors (Lipinski definition) is 0. The average Bonchev–Trinajstić information content (AvgIpc) is 3.47. The number of fused-ring (bicyclic) bond motifs is 2.